The largest absolute Gasteiger partial charge is 0.497 e. The number of nitrogens with zero attached hydrogens (tertiary/aromatic N) is 2. The number of hydrogen-bond acceptors (Lipinski definition) is 5. The number of methoxy groups -OCH3 is 2. The van der Waals surface area contributed by atoms with Gasteiger partial charge in [0.15, 0.2) is 11.4 Å². The van der Waals surface area contributed by atoms with Gasteiger partial charge in [0, 0.05) is 6.07 Å². The van der Waals surface area contributed by atoms with Crippen LogP contribution in [0.4, 0.5) is 0 Å². The fourth-order valence-electron chi connectivity index (χ4n) is 2.48. The van der Waals surface area contributed by atoms with E-state index in [0.29, 0.717) is 22.8 Å². The molecule has 0 atom stereocenters. The first-order valence-electron chi connectivity index (χ1n) is 8.10. The highest BCUT2D eigenvalue weighted by Gasteiger charge is 2.09. The zero-order chi connectivity index (χ0) is 19.2. The van der Waals surface area contributed by atoms with Crippen LogP contribution in [0.2, 0.25) is 0 Å². The molecule has 0 aliphatic rings. The monoisotopic (exact) mass is 382 g/mol. The highest BCUT2D eigenvalue weighted by molar-refractivity contribution is 7.16. The van der Waals surface area contributed by atoms with Gasteiger partial charge in [-0.1, -0.05) is 23.3 Å². The lowest BCUT2D eigenvalue weighted by Crippen LogP contribution is -2.19. The second-order valence-corrected chi connectivity index (χ2v) is 6.49. The Kier molecular flexibility index (Phi) is 5.79. The number of benzene rings is 2. The van der Waals surface area contributed by atoms with Crippen LogP contribution in [0.5, 0.6) is 17.2 Å². The predicted octanol–water partition coefficient (Wildman–Crippen LogP) is 2.86. The second-order valence-electron chi connectivity index (χ2n) is 5.48. The van der Waals surface area contributed by atoms with Crippen molar-refractivity contribution >= 4 is 27.5 Å². The Balaban J connectivity index is 1.86. The molecule has 6 nitrogen and oxygen atoms in total. The number of amides is 1. The summed E-state index contributed by atoms with van der Waals surface area (Å²) in [5, 5.41) is 0. The van der Waals surface area contributed by atoms with Gasteiger partial charge in [-0.05, 0) is 30.3 Å². The van der Waals surface area contributed by atoms with Gasteiger partial charge in [0.25, 0.3) is 5.91 Å². The van der Waals surface area contributed by atoms with Gasteiger partial charge < -0.3 is 18.8 Å². The summed E-state index contributed by atoms with van der Waals surface area (Å²) in [6, 6.07) is 12.7. The van der Waals surface area contributed by atoms with Crippen LogP contribution in [0.15, 0.2) is 47.5 Å². The molecule has 27 heavy (non-hydrogen) atoms. The smallest absolute Gasteiger partial charge is 0.286 e. The van der Waals surface area contributed by atoms with E-state index in [1.807, 2.05) is 22.8 Å². The first-order valence-corrected chi connectivity index (χ1v) is 8.91. The number of hydrogen-bond donors (Lipinski definition) is 0. The Hall–Kier alpha value is -3.24. The van der Waals surface area contributed by atoms with E-state index in [9.17, 15) is 4.79 Å². The lowest BCUT2D eigenvalue weighted by atomic mass is 10.3. The molecule has 1 amide bonds. The van der Waals surface area contributed by atoms with Gasteiger partial charge >= 0.3 is 0 Å². The molecular formula is C20H18N2O4S. The standard InChI is InChI=1S/C20H18N2O4S/c1-4-10-22-17-9-8-15(25-3)12-18(17)27-20(22)21-19(23)13-26-16-7-5-6-14(11-16)24-2/h1,5-9,11-12H,10,13H2,2-3H3. The van der Waals surface area contributed by atoms with Gasteiger partial charge in [0.05, 0.1) is 31.0 Å². The van der Waals surface area contributed by atoms with Crippen LogP contribution in [-0.4, -0.2) is 31.3 Å². The van der Waals surface area contributed by atoms with Gasteiger partial charge in [0.1, 0.15) is 17.2 Å². The second kappa shape index (κ2) is 8.43. The van der Waals surface area contributed by atoms with E-state index < -0.39 is 5.91 Å². The van der Waals surface area contributed by atoms with Crippen molar-refractivity contribution in [3.8, 4) is 29.6 Å². The fraction of sp³-hybridized carbons (Fsp3) is 0.200. The summed E-state index contributed by atoms with van der Waals surface area (Å²) in [6.07, 6.45) is 5.47. The summed E-state index contributed by atoms with van der Waals surface area (Å²) in [5.74, 6) is 4.12. The third-order valence-corrected chi connectivity index (χ3v) is 4.80. The molecule has 0 aliphatic heterocycles. The van der Waals surface area contributed by atoms with Crippen LogP contribution in [0.25, 0.3) is 10.2 Å². The van der Waals surface area contributed by atoms with Gasteiger partial charge in [-0.2, -0.15) is 4.99 Å². The molecule has 2 aromatic carbocycles. The Labute approximate surface area is 160 Å². The minimum Gasteiger partial charge on any atom is -0.497 e. The summed E-state index contributed by atoms with van der Waals surface area (Å²) < 4.78 is 18.6. The molecule has 0 spiro atoms. The van der Waals surface area contributed by atoms with E-state index in [1.54, 1.807) is 38.5 Å². The van der Waals surface area contributed by atoms with Crippen molar-refractivity contribution < 1.29 is 19.0 Å². The third kappa shape index (κ3) is 4.30. The molecule has 3 aromatic rings. The van der Waals surface area contributed by atoms with Crippen molar-refractivity contribution in [2.75, 3.05) is 20.8 Å². The van der Waals surface area contributed by atoms with E-state index in [2.05, 4.69) is 10.9 Å². The number of aromatic nitrogens is 1. The third-order valence-electron chi connectivity index (χ3n) is 3.76. The van der Waals surface area contributed by atoms with Crippen LogP contribution >= 0.6 is 11.3 Å². The van der Waals surface area contributed by atoms with Crippen LogP contribution in [0, 0.1) is 12.3 Å². The average molecular weight is 382 g/mol. The number of fused-ring (bicyclic) bond motifs is 1. The summed E-state index contributed by atoms with van der Waals surface area (Å²) >= 11 is 1.37. The first kappa shape index (κ1) is 18.5. The fourth-order valence-corrected chi connectivity index (χ4v) is 3.56. The van der Waals surface area contributed by atoms with Gasteiger partial charge in [0.2, 0.25) is 0 Å². The van der Waals surface area contributed by atoms with Crippen LogP contribution in [0.3, 0.4) is 0 Å². The van der Waals surface area contributed by atoms with Crippen molar-refractivity contribution in [3.05, 3.63) is 47.3 Å². The first-order chi connectivity index (χ1) is 13.1. The van der Waals surface area contributed by atoms with Crippen LogP contribution < -0.4 is 19.0 Å². The molecule has 138 valence electrons. The van der Waals surface area contributed by atoms with Gasteiger partial charge in [-0.3, -0.25) is 4.79 Å². The number of thiazole rings is 1. The van der Waals surface area contributed by atoms with Crippen LogP contribution in [0.1, 0.15) is 0 Å². The maximum Gasteiger partial charge on any atom is 0.286 e. The number of ether oxygens (including phenoxy) is 3. The average Bonchev–Trinajstić information content (AvgIpc) is 3.03. The zero-order valence-electron chi connectivity index (χ0n) is 15.0. The Morgan fingerprint density at radius 1 is 1.15 bits per heavy atom. The maximum atomic E-state index is 12.3. The highest BCUT2D eigenvalue weighted by atomic mass is 32.1. The molecular weight excluding hydrogens is 364 g/mol. The highest BCUT2D eigenvalue weighted by Crippen LogP contribution is 2.23. The van der Waals surface area contributed by atoms with E-state index in [0.717, 1.165) is 16.0 Å². The Morgan fingerprint density at radius 3 is 2.63 bits per heavy atom. The normalized spacial score (nSPS) is 11.2. The number of terminal acetylenes is 1. The van der Waals surface area contributed by atoms with E-state index in [1.165, 1.54) is 11.3 Å². The number of carbonyl (C=O) groups is 1. The van der Waals surface area contributed by atoms with Crippen LogP contribution in [-0.2, 0) is 11.3 Å². The molecule has 0 aliphatic carbocycles. The predicted molar refractivity (Wildman–Crippen MR) is 104 cm³/mol. The zero-order valence-corrected chi connectivity index (χ0v) is 15.8. The summed E-state index contributed by atoms with van der Waals surface area (Å²) in [6.45, 7) is 0.135. The molecule has 0 bridgehead atoms. The molecule has 1 heterocycles. The molecule has 1 aromatic heterocycles. The molecule has 3 rings (SSSR count). The van der Waals surface area contributed by atoms with Crippen molar-refractivity contribution in [3.63, 3.8) is 0 Å². The Morgan fingerprint density at radius 2 is 1.89 bits per heavy atom. The van der Waals surface area contributed by atoms with E-state index in [-0.39, 0.29) is 6.61 Å². The maximum absolute atomic E-state index is 12.3. The summed E-state index contributed by atoms with van der Waals surface area (Å²) in [4.78, 5) is 17.0. The molecule has 0 unspecified atom stereocenters. The van der Waals surface area contributed by atoms with Gasteiger partial charge in [-0.15, -0.1) is 6.42 Å². The molecule has 0 radical (unpaired) electrons. The lowest BCUT2D eigenvalue weighted by Gasteiger charge is -2.05. The molecule has 0 saturated heterocycles. The lowest BCUT2D eigenvalue weighted by molar-refractivity contribution is -0.120. The minimum atomic E-state index is -0.401. The quantitative estimate of drug-likeness (QED) is 0.615. The molecule has 7 heteroatoms. The minimum absolute atomic E-state index is 0.180. The van der Waals surface area contributed by atoms with Crippen molar-refractivity contribution in [2.24, 2.45) is 4.99 Å². The molecule has 0 saturated carbocycles. The van der Waals surface area contributed by atoms with E-state index in [4.69, 9.17) is 20.6 Å². The number of rotatable bonds is 6. The number of carbonyl (C=O) groups excluding carboxylic acids is 1. The Bertz CT molecular complexity index is 1080. The van der Waals surface area contributed by atoms with Gasteiger partial charge in [-0.25, -0.2) is 0 Å². The van der Waals surface area contributed by atoms with Crippen molar-refractivity contribution in [2.45, 2.75) is 6.54 Å². The van der Waals surface area contributed by atoms with Crippen molar-refractivity contribution in [1.82, 2.24) is 4.57 Å². The summed E-state index contributed by atoms with van der Waals surface area (Å²) in [7, 11) is 3.18. The summed E-state index contributed by atoms with van der Waals surface area (Å²) in [5.41, 5.74) is 0.902. The van der Waals surface area contributed by atoms with Crippen molar-refractivity contribution in [1.29, 1.82) is 0 Å². The van der Waals surface area contributed by atoms with E-state index >= 15 is 0 Å². The molecule has 0 N–H and O–H groups in total. The molecule has 0 fully saturated rings. The SMILES string of the molecule is C#CCn1c(=NC(=O)COc2cccc(OC)c2)sc2cc(OC)ccc21. The topological polar surface area (TPSA) is 62.1 Å².